The van der Waals surface area contributed by atoms with Crippen molar-refractivity contribution < 1.29 is 14.7 Å². The zero-order valence-electron chi connectivity index (χ0n) is 10.8. The molecular weight excluding hydrogens is 312 g/mol. The van der Waals surface area contributed by atoms with Gasteiger partial charge in [0.2, 0.25) is 0 Å². The minimum atomic E-state index is -0.931. The summed E-state index contributed by atoms with van der Waals surface area (Å²) in [5.41, 5.74) is 0.637. The largest absolute Gasteiger partial charge is 0.481 e. The van der Waals surface area contributed by atoms with Gasteiger partial charge in [-0.2, -0.15) is 0 Å². The van der Waals surface area contributed by atoms with Crippen molar-refractivity contribution >= 4 is 33.6 Å². The van der Waals surface area contributed by atoms with E-state index in [1.54, 1.807) is 12.1 Å². The van der Waals surface area contributed by atoms with Gasteiger partial charge in [-0.15, -0.1) is 0 Å². The fourth-order valence-electron chi connectivity index (χ4n) is 1.53. The van der Waals surface area contributed by atoms with E-state index in [2.05, 4.69) is 26.6 Å². The Morgan fingerprint density at radius 2 is 1.95 bits per heavy atom. The maximum atomic E-state index is 11.8. The van der Waals surface area contributed by atoms with E-state index in [0.29, 0.717) is 5.69 Å². The highest BCUT2D eigenvalue weighted by molar-refractivity contribution is 9.10. The molecule has 0 aliphatic rings. The zero-order valence-corrected chi connectivity index (χ0v) is 12.4. The SMILES string of the molecule is CC(C)C(CC(=O)O)NC(=O)Nc1ccccc1Br. The molecule has 1 aromatic carbocycles. The predicted octanol–water partition coefficient (Wildman–Crippen LogP) is 3.07. The minimum absolute atomic E-state index is 0.0427. The fourth-order valence-corrected chi connectivity index (χ4v) is 1.91. The predicted molar refractivity (Wildman–Crippen MR) is 77.2 cm³/mol. The molecule has 1 unspecified atom stereocenters. The maximum Gasteiger partial charge on any atom is 0.319 e. The van der Waals surface area contributed by atoms with Crippen LogP contribution in [0.1, 0.15) is 20.3 Å². The van der Waals surface area contributed by atoms with E-state index in [4.69, 9.17) is 5.11 Å². The van der Waals surface area contributed by atoms with Crippen molar-refractivity contribution in [3.63, 3.8) is 0 Å². The van der Waals surface area contributed by atoms with Gasteiger partial charge in [-0.25, -0.2) is 4.79 Å². The van der Waals surface area contributed by atoms with E-state index in [1.165, 1.54) is 0 Å². The molecule has 0 aromatic heterocycles. The van der Waals surface area contributed by atoms with E-state index in [-0.39, 0.29) is 12.3 Å². The molecular formula is C13H17BrN2O3. The molecule has 0 saturated carbocycles. The topological polar surface area (TPSA) is 78.4 Å². The molecule has 0 bridgehead atoms. The van der Waals surface area contributed by atoms with Gasteiger partial charge in [0.05, 0.1) is 12.1 Å². The molecule has 0 aliphatic heterocycles. The molecule has 1 rings (SSSR count). The van der Waals surface area contributed by atoms with Crippen molar-refractivity contribution in [2.75, 3.05) is 5.32 Å². The molecule has 0 aliphatic carbocycles. The lowest BCUT2D eigenvalue weighted by Gasteiger charge is -2.21. The van der Waals surface area contributed by atoms with E-state index in [9.17, 15) is 9.59 Å². The average Bonchev–Trinajstić information content (AvgIpc) is 2.30. The molecule has 3 N–H and O–H groups in total. The Kier molecular flexibility index (Phi) is 5.82. The first-order valence-corrected chi connectivity index (χ1v) is 6.73. The van der Waals surface area contributed by atoms with Gasteiger partial charge < -0.3 is 15.7 Å². The van der Waals surface area contributed by atoms with E-state index < -0.39 is 18.0 Å². The van der Waals surface area contributed by atoms with Crippen LogP contribution in [0.3, 0.4) is 0 Å². The second kappa shape index (κ2) is 7.13. The van der Waals surface area contributed by atoms with Crippen LogP contribution < -0.4 is 10.6 Å². The number of aliphatic carboxylic acids is 1. The first-order chi connectivity index (χ1) is 8.90. The van der Waals surface area contributed by atoms with Crippen LogP contribution in [0.2, 0.25) is 0 Å². The van der Waals surface area contributed by atoms with Crippen molar-refractivity contribution in [3.05, 3.63) is 28.7 Å². The Bertz CT molecular complexity index is 463. The van der Waals surface area contributed by atoms with Gasteiger partial charge in [0.1, 0.15) is 0 Å². The number of halogens is 1. The standard InChI is InChI=1S/C13H17BrN2O3/c1-8(2)11(7-12(17)18)16-13(19)15-10-6-4-3-5-9(10)14/h3-6,8,11H,7H2,1-2H3,(H,17,18)(H2,15,16,19). The molecule has 0 heterocycles. The second-order valence-corrected chi connectivity index (χ2v) is 5.38. The maximum absolute atomic E-state index is 11.8. The number of nitrogens with one attached hydrogen (secondary N) is 2. The molecule has 1 aromatic rings. The number of para-hydroxylation sites is 1. The summed E-state index contributed by atoms with van der Waals surface area (Å²) in [5, 5.41) is 14.2. The zero-order chi connectivity index (χ0) is 14.4. The van der Waals surface area contributed by atoms with Crippen molar-refractivity contribution in [1.82, 2.24) is 5.32 Å². The fraction of sp³-hybridized carbons (Fsp3) is 0.385. The number of urea groups is 1. The lowest BCUT2D eigenvalue weighted by atomic mass is 10.0. The summed E-state index contributed by atoms with van der Waals surface area (Å²) in [7, 11) is 0. The van der Waals surface area contributed by atoms with E-state index >= 15 is 0 Å². The van der Waals surface area contributed by atoms with Crippen LogP contribution in [0.15, 0.2) is 28.7 Å². The molecule has 0 spiro atoms. The van der Waals surface area contributed by atoms with Crippen LogP contribution >= 0.6 is 15.9 Å². The van der Waals surface area contributed by atoms with Crippen molar-refractivity contribution in [1.29, 1.82) is 0 Å². The van der Waals surface area contributed by atoms with Gasteiger partial charge in [0, 0.05) is 10.5 Å². The highest BCUT2D eigenvalue weighted by atomic mass is 79.9. The number of hydrogen-bond donors (Lipinski definition) is 3. The van der Waals surface area contributed by atoms with E-state index in [1.807, 2.05) is 26.0 Å². The van der Waals surface area contributed by atoms with Gasteiger partial charge in [0.25, 0.3) is 0 Å². The van der Waals surface area contributed by atoms with Crippen molar-refractivity contribution in [2.45, 2.75) is 26.3 Å². The molecule has 6 heteroatoms. The quantitative estimate of drug-likeness (QED) is 0.777. The van der Waals surface area contributed by atoms with Gasteiger partial charge in [0.15, 0.2) is 0 Å². The Labute approximate surface area is 120 Å². The van der Waals surface area contributed by atoms with Crippen LogP contribution in [0.25, 0.3) is 0 Å². The van der Waals surface area contributed by atoms with Crippen LogP contribution in [0.4, 0.5) is 10.5 Å². The minimum Gasteiger partial charge on any atom is -0.481 e. The number of carbonyl (C=O) groups excluding carboxylic acids is 1. The molecule has 1 atom stereocenters. The number of anilines is 1. The summed E-state index contributed by atoms with van der Waals surface area (Å²) >= 11 is 3.32. The molecule has 0 saturated heterocycles. The van der Waals surface area contributed by atoms with Crippen molar-refractivity contribution in [2.24, 2.45) is 5.92 Å². The first kappa shape index (κ1) is 15.5. The van der Waals surface area contributed by atoms with Crippen LogP contribution in [-0.2, 0) is 4.79 Å². The van der Waals surface area contributed by atoms with Crippen LogP contribution in [-0.4, -0.2) is 23.1 Å². The smallest absolute Gasteiger partial charge is 0.319 e. The number of rotatable bonds is 5. The Morgan fingerprint density at radius 1 is 1.32 bits per heavy atom. The summed E-state index contributed by atoms with van der Waals surface area (Å²) in [6.45, 7) is 3.73. The lowest BCUT2D eigenvalue weighted by molar-refractivity contribution is -0.137. The molecule has 2 amide bonds. The van der Waals surface area contributed by atoms with Gasteiger partial charge in [-0.05, 0) is 34.0 Å². The third-order valence-corrected chi connectivity index (χ3v) is 3.33. The first-order valence-electron chi connectivity index (χ1n) is 5.94. The summed E-state index contributed by atoms with van der Waals surface area (Å²) in [6, 6.07) is 6.40. The summed E-state index contributed by atoms with van der Waals surface area (Å²) in [5.74, 6) is -0.888. The number of carboxylic acids is 1. The normalized spacial score (nSPS) is 12.0. The number of amides is 2. The Hall–Kier alpha value is -1.56. The van der Waals surface area contributed by atoms with Crippen molar-refractivity contribution in [3.8, 4) is 0 Å². The number of hydrogen-bond acceptors (Lipinski definition) is 2. The number of carboxylic acid groups (broad SMARTS) is 1. The molecule has 19 heavy (non-hydrogen) atoms. The van der Waals surface area contributed by atoms with Crippen LogP contribution in [0, 0.1) is 5.92 Å². The van der Waals surface area contributed by atoms with Gasteiger partial charge in [-0.1, -0.05) is 26.0 Å². The monoisotopic (exact) mass is 328 g/mol. The van der Waals surface area contributed by atoms with Crippen LogP contribution in [0.5, 0.6) is 0 Å². The number of carbonyl (C=O) groups is 2. The Balaban J connectivity index is 2.63. The van der Waals surface area contributed by atoms with Gasteiger partial charge >= 0.3 is 12.0 Å². The Morgan fingerprint density at radius 3 is 2.47 bits per heavy atom. The highest BCUT2D eigenvalue weighted by Crippen LogP contribution is 2.21. The molecule has 0 fully saturated rings. The molecule has 5 nitrogen and oxygen atoms in total. The summed E-state index contributed by atoms with van der Waals surface area (Å²) in [4.78, 5) is 22.6. The highest BCUT2D eigenvalue weighted by Gasteiger charge is 2.19. The lowest BCUT2D eigenvalue weighted by Crippen LogP contribution is -2.42. The average molecular weight is 329 g/mol. The molecule has 0 radical (unpaired) electrons. The van der Waals surface area contributed by atoms with Gasteiger partial charge in [-0.3, -0.25) is 4.79 Å². The molecule has 104 valence electrons. The number of benzene rings is 1. The summed E-state index contributed by atoms with van der Waals surface area (Å²) in [6.07, 6.45) is -0.0962. The second-order valence-electron chi connectivity index (χ2n) is 4.53. The summed E-state index contributed by atoms with van der Waals surface area (Å²) < 4.78 is 0.768. The van der Waals surface area contributed by atoms with E-state index in [0.717, 1.165) is 4.47 Å². The third-order valence-electron chi connectivity index (χ3n) is 2.64. The third kappa shape index (κ3) is 5.30.